The molecule has 112 valence electrons. The van der Waals surface area contributed by atoms with E-state index in [-0.39, 0.29) is 5.75 Å². The topological polar surface area (TPSA) is 53.1 Å². The molecule has 0 atom stereocenters. The van der Waals surface area contributed by atoms with E-state index in [9.17, 15) is 8.78 Å². The monoisotopic (exact) mass is 301 g/mol. The van der Waals surface area contributed by atoms with Gasteiger partial charge < -0.3 is 10.5 Å². The molecule has 3 rings (SSSR count). The van der Waals surface area contributed by atoms with Crippen molar-refractivity contribution >= 4 is 5.69 Å². The van der Waals surface area contributed by atoms with E-state index in [1.807, 2.05) is 19.3 Å². The summed E-state index contributed by atoms with van der Waals surface area (Å²) in [5, 5.41) is 4.28. The van der Waals surface area contributed by atoms with Crippen LogP contribution in [0.1, 0.15) is 0 Å². The standard InChI is InChI=1S/C16H13F2N3O/c1-21-7-6-16(20-21)12-4-2-11(9-15(12)19)22-10-3-5-13(17)14(18)8-10/h2-9H,19H2,1H3. The highest BCUT2D eigenvalue weighted by Crippen LogP contribution is 2.30. The van der Waals surface area contributed by atoms with Crippen LogP contribution in [-0.4, -0.2) is 9.78 Å². The molecule has 22 heavy (non-hydrogen) atoms. The summed E-state index contributed by atoms with van der Waals surface area (Å²) in [5.74, 6) is -1.25. The van der Waals surface area contributed by atoms with Crippen molar-refractivity contribution in [3.8, 4) is 22.8 Å². The van der Waals surface area contributed by atoms with Crippen LogP contribution in [0.4, 0.5) is 14.5 Å². The van der Waals surface area contributed by atoms with Crippen LogP contribution < -0.4 is 10.5 Å². The van der Waals surface area contributed by atoms with Crippen LogP contribution in [0, 0.1) is 11.6 Å². The van der Waals surface area contributed by atoms with Gasteiger partial charge in [-0.15, -0.1) is 0 Å². The van der Waals surface area contributed by atoms with Gasteiger partial charge in [-0.3, -0.25) is 4.68 Å². The van der Waals surface area contributed by atoms with Gasteiger partial charge in [-0.2, -0.15) is 5.10 Å². The number of nitrogen functional groups attached to an aromatic ring is 1. The van der Waals surface area contributed by atoms with Crippen LogP contribution in [0.25, 0.3) is 11.3 Å². The van der Waals surface area contributed by atoms with Crippen LogP contribution in [0.15, 0.2) is 48.7 Å². The molecular weight excluding hydrogens is 288 g/mol. The van der Waals surface area contributed by atoms with E-state index in [1.54, 1.807) is 22.9 Å². The van der Waals surface area contributed by atoms with Gasteiger partial charge in [0, 0.05) is 36.6 Å². The van der Waals surface area contributed by atoms with Crippen LogP contribution in [-0.2, 0) is 7.05 Å². The molecule has 6 heteroatoms. The number of aromatic nitrogens is 2. The molecule has 4 nitrogen and oxygen atoms in total. The molecule has 0 aliphatic carbocycles. The van der Waals surface area contributed by atoms with E-state index < -0.39 is 11.6 Å². The van der Waals surface area contributed by atoms with Gasteiger partial charge in [-0.05, 0) is 30.3 Å². The lowest BCUT2D eigenvalue weighted by atomic mass is 10.1. The molecular formula is C16H13F2N3O. The van der Waals surface area contributed by atoms with Crippen molar-refractivity contribution in [1.82, 2.24) is 9.78 Å². The second-order valence-electron chi connectivity index (χ2n) is 4.80. The van der Waals surface area contributed by atoms with Crippen molar-refractivity contribution in [2.45, 2.75) is 0 Å². The number of rotatable bonds is 3. The quantitative estimate of drug-likeness (QED) is 0.750. The van der Waals surface area contributed by atoms with Crippen molar-refractivity contribution in [2.24, 2.45) is 7.05 Å². The van der Waals surface area contributed by atoms with Crippen molar-refractivity contribution in [2.75, 3.05) is 5.73 Å². The number of anilines is 1. The van der Waals surface area contributed by atoms with E-state index in [2.05, 4.69) is 5.10 Å². The molecule has 2 aromatic carbocycles. The summed E-state index contributed by atoms with van der Waals surface area (Å²) in [4.78, 5) is 0. The summed E-state index contributed by atoms with van der Waals surface area (Å²) in [5.41, 5.74) is 8.02. The Morgan fingerprint density at radius 3 is 2.36 bits per heavy atom. The predicted molar refractivity (Wildman–Crippen MR) is 79.5 cm³/mol. The summed E-state index contributed by atoms with van der Waals surface area (Å²) >= 11 is 0. The fraction of sp³-hybridized carbons (Fsp3) is 0.0625. The fourth-order valence-electron chi connectivity index (χ4n) is 2.07. The summed E-state index contributed by atoms with van der Waals surface area (Å²) in [6, 6.07) is 10.3. The van der Waals surface area contributed by atoms with Gasteiger partial charge in [0.1, 0.15) is 11.5 Å². The molecule has 0 amide bonds. The van der Waals surface area contributed by atoms with Crippen LogP contribution in [0.5, 0.6) is 11.5 Å². The van der Waals surface area contributed by atoms with Gasteiger partial charge >= 0.3 is 0 Å². The smallest absolute Gasteiger partial charge is 0.162 e. The van der Waals surface area contributed by atoms with E-state index >= 15 is 0 Å². The molecule has 1 aromatic heterocycles. The zero-order valence-corrected chi connectivity index (χ0v) is 11.8. The van der Waals surface area contributed by atoms with E-state index in [0.717, 1.165) is 23.4 Å². The van der Waals surface area contributed by atoms with Gasteiger partial charge in [0.05, 0.1) is 5.69 Å². The lowest BCUT2D eigenvalue weighted by molar-refractivity contribution is 0.462. The second kappa shape index (κ2) is 5.48. The zero-order chi connectivity index (χ0) is 15.7. The van der Waals surface area contributed by atoms with Gasteiger partial charge in [0.15, 0.2) is 11.6 Å². The van der Waals surface area contributed by atoms with E-state index in [4.69, 9.17) is 10.5 Å². The first-order valence-electron chi connectivity index (χ1n) is 6.55. The molecule has 0 radical (unpaired) electrons. The van der Waals surface area contributed by atoms with Crippen molar-refractivity contribution in [1.29, 1.82) is 0 Å². The molecule has 0 bridgehead atoms. The molecule has 3 aromatic rings. The van der Waals surface area contributed by atoms with Crippen LogP contribution >= 0.6 is 0 Å². The number of aryl methyl sites for hydroxylation is 1. The molecule has 1 heterocycles. The van der Waals surface area contributed by atoms with Crippen molar-refractivity contribution < 1.29 is 13.5 Å². The third-order valence-electron chi connectivity index (χ3n) is 3.14. The zero-order valence-electron chi connectivity index (χ0n) is 11.8. The first-order valence-corrected chi connectivity index (χ1v) is 6.55. The molecule has 0 fully saturated rings. The Hall–Kier alpha value is -2.89. The number of nitrogens with two attached hydrogens (primary N) is 1. The third kappa shape index (κ3) is 2.76. The minimum Gasteiger partial charge on any atom is -0.457 e. The molecule has 0 aliphatic heterocycles. The maximum atomic E-state index is 13.2. The third-order valence-corrected chi connectivity index (χ3v) is 3.14. The average molecular weight is 301 g/mol. The number of hydrogen-bond acceptors (Lipinski definition) is 3. The Bertz CT molecular complexity index is 830. The lowest BCUT2D eigenvalue weighted by Gasteiger charge is -2.09. The maximum absolute atomic E-state index is 13.2. The predicted octanol–water partition coefficient (Wildman–Crippen LogP) is 3.74. The first-order chi connectivity index (χ1) is 10.5. The normalized spacial score (nSPS) is 10.7. The first kappa shape index (κ1) is 14.1. The van der Waals surface area contributed by atoms with Gasteiger partial charge in [0.25, 0.3) is 0 Å². The highest BCUT2D eigenvalue weighted by atomic mass is 19.2. The molecule has 0 aliphatic rings. The van der Waals surface area contributed by atoms with Crippen molar-refractivity contribution in [3.05, 3.63) is 60.3 Å². The molecule has 2 N–H and O–H groups in total. The minimum atomic E-state index is -0.962. The number of ether oxygens (including phenoxy) is 1. The highest BCUT2D eigenvalue weighted by molar-refractivity contribution is 5.74. The molecule has 0 spiro atoms. The fourth-order valence-corrected chi connectivity index (χ4v) is 2.07. The number of nitrogens with zero attached hydrogens (tertiary/aromatic N) is 2. The maximum Gasteiger partial charge on any atom is 0.162 e. The lowest BCUT2D eigenvalue weighted by Crippen LogP contribution is -1.94. The molecule has 0 unspecified atom stereocenters. The SMILES string of the molecule is Cn1ccc(-c2ccc(Oc3ccc(F)c(F)c3)cc2N)n1. The molecule has 0 saturated carbocycles. The summed E-state index contributed by atoms with van der Waals surface area (Å²) in [6.45, 7) is 0. The van der Waals surface area contributed by atoms with Gasteiger partial charge in [-0.1, -0.05) is 0 Å². The minimum absolute atomic E-state index is 0.198. The highest BCUT2D eigenvalue weighted by Gasteiger charge is 2.09. The Balaban J connectivity index is 1.87. The number of hydrogen-bond donors (Lipinski definition) is 1. The van der Waals surface area contributed by atoms with E-state index in [1.165, 1.54) is 6.07 Å². The summed E-state index contributed by atoms with van der Waals surface area (Å²) in [6.07, 6.45) is 1.82. The Labute approximate surface area is 125 Å². The van der Waals surface area contributed by atoms with E-state index in [0.29, 0.717) is 11.4 Å². The average Bonchev–Trinajstić information content (AvgIpc) is 2.89. The van der Waals surface area contributed by atoms with Gasteiger partial charge in [-0.25, -0.2) is 8.78 Å². The Kier molecular flexibility index (Phi) is 3.50. The Morgan fingerprint density at radius 2 is 1.73 bits per heavy atom. The largest absolute Gasteiger partial charge is 0.457 e. The van der Waals surface area contributed by atoms with Crippen LogP contribution in [0.3, 0.4) is 0 Å². The van der Waals surface area contributed by atoms with Gasteiger partial charge in [0.2, 0.25) is 0 Å². The van der Waals surface area contributed by atoms with Crippen molar-refractivity contribution in [3.63, 3.8) is 0 Å². The summed E-state index contributed by atoms with van der Waals surface area (Å²) < 4.78 is 33.2. The number of benzene rings is 2. The van der Waals surface area contributed by atoms with Crippen LogP contribution in [0.2, 0.25) is 0 Å². The summed E-state index contributed by atoms with van der Waals surface area (Å²) in [7, 11) is 1.82. The molecule has 0 saturated heterocycles. The second-order valence-corrected chi connectivity index (χ2v) is 4.80. The number of halogens is 2. The Morgan fingerprint density at radius 1 is 1.00 bits per heavy atom.